The van der Waals surface area contributed by atoms with Crippen LogP contribution in [-0.4, -0.2) is 24.6 Å². The van der Waals surface area contributed by atoms with Crippen LogP contribution < -0.4 is 10.6 Å². The van der Waals surface area contributed by atoms with Gasteiger partial charge in [0.05, 0.1) is 5.56 Å². The van der Waals surface area contributed by atoms with Crippen LogP contribution in [0.15, 0.2) is 12.1 Å². The van der Waals surface area contributed by atoms with Crippen LogP contribution in [0.4, 0.5) is 5.82 Å². The maximum Gasteiger partial charge on any atom is 0.144 e. The Morgan fingerprint density at radius 2 is 2.20 bits per heavy atom. The summed E-state index contributed by atoms with van der Waals surface area (Å²) < 4.78 is 0. The Morgan fingerprint density at radius 3 is 2.87 bits per heavy atom. The first-order valence-corrected chi connectivity index (χ1v) is 5.10. The Balaban J connectivity index is 2.59. The molecule has 0 aliphatic rings. The second kappa shape index (κ2) is 5.99. The number of aryl methyl sites for hydroxylation is 1. The van der Waals surface area contributed by atoms with E-state index < -0.39 is 0 Å². The molecule has 15 heavy (non-hydrogen) atoms. The molecule has 1 heterocycles. The third kappa shape index (κ3) is 3.56. The zero-order valence-electron chi connectivity index (χ0n) is 9.17. The van der Waals surface area contributed by atoms with Crippen LogP contribution in [0, 0.1) is 18.3 Å². The van der Waals surface area contributed by atoms with Crippen molar-refractivity contribution in [2.45, 2.75) is 13.8 Å². The highest BCUT2D eigenvalue weighted by molar-refractivity contribution is 5.52. The monoisotopic (exact) mass is 204 g/mol. The Kier molecular flexibility index (Phi) is 4.58. The van der Waals surface area contributed by atoms with Crippen LogP contribution in [0.25, 0.3) is 0 Å². The predicted octanol–water partition coefficient (Wildman–Crippen LogP) is 1.28. The van der Waals surface area contributed by atoms with Gasteiger partial charge in [-0.25, -0.2) is 4.98 Å². The SMILES string of the molecule is CCNCCNc1nc(C)ccc1C#N. The van der Waals surface area contributed by atoms with Crippen molar-refractivity contribution in [3.05, 3.63) is 23.4 Å². The third-order valence-corrected chi connectivity index (χ3v) is 2.00. The Hall–Kier alpha value is -1.60. The standard InChI is InChI=1S/C11H16N4/c1-3-13-6-7-14-11-10(8-12)5-4-9(2)15-11/h4-5,13H,3,6-7H2,1-2H3,(H,14,15). The third-order valence-electron chi connectivity index (χ3n) is 2.00. The topological polar surface area (TPSA) is 60.7 Å². The van der Waals surface area contributed by atoms with Crippen LogP contribution in [0.3, 0.4) is 0 Å². The predicted molar refractivity (Wildman–Crippen MR) is 60.7 cm³/mol. The van der Waals surface area contributed by atoms with Crippen molar-refractivity contribution in [3.8, 4) is 6.07 Å². The van der Waals surface area contributed by atoms with Gasteiger partial charge in [0.1, 0.15) is 11.9 Å². The van der Waals surface area contributed by atoms with Gasteiger partial charge in [0.25, 0.3) is 0 Å². The number of hydrogen-bond donors (Lipinski definition) is 2. The van der Waals surface area contributed by atoms with E-state index in [1.165, 1.54) is 0 Å². The Morgan fingerprint density at radius 1 is 1.40 bits per heavy atom. The van der Waals surface area contributed by atoms with Gasteiger partial charge >= 0.3 is 0 Å². The summed E-state index contributed by atoms with van der Waals surface area (Å²) in [7, 11) is 0. The van der Waals surface area contributed by atoms with E-state index in [1.54, 1.807) is 6.07 Å². The van der Waals surface area contributed by atoms with Gasteiger partial charge in [0.15, 0.2) is 0 Å². The molecule has 0 aliphatic heterocycles. The fraction of sp³-hybridized carbons (Fsp3) is 0.455. The molecule has 0 saturated heterocycles. The molecule has 0 fully saturated rings. The second-order valence-corrected chi connectivity index (χ2v) is 3.24. The molecule has 1 aromatic rings. The van der Waals surface area contributed by atoms with Crippen molar-refractivity contribution < 1.29 is 0 Å². The summed E-state index contributed by atoms with van der Waals surface area (Å²) in [5.41, 5.74) is 1.51. The van der Waals surface area contributed by atoms with E-state index >= 15 is 0 Å². The Labute approximate surface area is 90.3 Å². The number of nitriles is 1. The molecule has 0 amide bonds. The van der Waals surface area contributed by atoms with Crippen molar-refractivity contribution in [1.82, 2.24) is 10.3 Å². The van der Waals surface area contributed by atoms with E-state index in [2.05, 4.69) is 28.6 Å². The summed E-state index contributed by atoms with van der Waals surface area (Å²) in [6.07, 6.45) is 0. The van der Waals surface area contributed by atoms with Crippen molar-refractivity contribution in [1.29, 1.82) is 5.26 Å². The molecule has 0 saturated carbocycles. The lowest BCUT2D eigenvalue weighted by atomic mass is 10.2. The summed E-state index contributed by atoms with van der Waals surface area (Å²) in [6, 6.07) is 5.75. The van der Waals surface area contributed by atoms with E-state index in [-0.39, 0.29) is 0 Å². The van der Waals surface area contributed by atoms with Crippen molar-refractivity contribution >= 4 is 5.82 Å². The maximum atomic E-state index is 8.87. The molecule has 2 N–H and O–H groups in total. The maximum absolute atomic E-state index is 8.87. The number of hydrogen-bond acceptors (Lipinski definition) is 4. The fourth-order valence-electron chi connectivity index (χ4n) is 1.23. The molecule has 4 nitrogen and oxygen atoms in total. The highest BCUT2D eigenvalue weighted by atomic mass is 15.0. The van der Waals surface area contributed by atoms with Gasteiger partial charge in [-0.1, -0.05) is 6.92 Å². The summed E-state index contributed by atoms with van der Waals surface area (Å²) in [5.74, 6) is 0.676. The summed E-state index contributed by atoms with van der Waals surface area (Å²) in [4.78, 5) is 4.28. The molecular weight excluding hydrogens is 188 g/mol. The number of pyridine rings is 1. The molecule has 4 heteroatoms. The van der Waals surface area contributed by atoms with Crippen LogP contribution in [0.1, 0.15) is 18.2 Å². The van der Waals surface area contributed by atoms with Gasteiger partial charge < -0.3 is 10.6 Å². The quantitative estimate of drug-likeness (QED) is 0.709. The van der Waals surface area contributed by atoms with Crippen molar-refractivity contribution in [2.75, 3.05) is 25.0 Å². The van der Waals surface area contributed by atoms with Crippen LogP contribution >= 0.6 is 0 Å². The number of nitrogens with zero attached hydrogens (tertiary/aromatic N) is 2. The number of anilines is 1. The van der Waals surface area contributed by atoms with Crippen LogP contribution in [-0.2, 0) is 0 Å². The summed E-state index contributed by atoms with van der Waals surface area (Å²) >= 11 is 0. The molecule has 0 bridgehead atoms. The van der Waals surface area contributed by atoms with Gasteiger partial charge in [0, 0.05) is 18.8 Å². The number of likely N-dealkylation sites (N-methyl/N-ethyl adjacent to an activating group) is 1. The van der Waals surface area contributed by atoms with Gasteiger partial charge in [0.2, 0.25) is 0 Å². The number of nitrogens with one attached hydrogen (secondary N) is 2. The minimum Gasteiger partial charge on any atom is -0.368 e. The van der Waals surface area contributed by atoms with Gasteiger partial charge in [-0.15, -0.1) is 0 Å². The van der Waals surface area contributed by atoms with E-state index in [9.17, 15) is 0 Å². The average molecular weight is 204 g/mol. The summed E-state index contributed by atoms with van der Waals surface area (Å²) in [5, 5.41) is 15.2. The van der Waals surface area contributed by atoms with E-state index in [4.69, 9.17) is 5.26 Å². The molecule has 0 aliphatic carbocycles. The molecule has 1 aromatic heterocycles. The highest BCUT2D eigenvalue weighted by Crippen LogP contribution is 2.11. The van der Waals surface area contributed by atoms with Crippen molar-refractivity contribution in [2.24, 2.45) is 0 Å². The minimum absolute atomic E-state index is 0.595. The van der Waals surface area contributed by atoms with E-state index in [0.29, 0.717) is 11.4 Å². The lowest BCUT2D eigenvalue weighted by molar-refractivity contribution is 0.737. The first-order chi connectivity index (χ1) is 7.27. The molecule has 0 spiro atoms. The molecule has 0 unspecified atom stereocenters. The van der Waals surface area contributed by atoms with Gasteiger partial charge in [-0.2, -0.15) is 5.26 Å². The molecular formula is C11H16N4. The average Bonchev–Trinajstić information content (AvgIpc) is 2.25. The Bertz CT molecular complexity index is 354. The molecule has 0 atom stereocenters. The number of aromatic nitrogens is 1. The largest absolute Gasteiger partial charge is 0.368 e. The summed E-state index contributed by atoms with van der Waals surface area (Å²) in [6.45, 7) is 6.58. The number of rotatable bonds is 5. The highest BCUT2D eigenvalue weighted by Gasteiger charge is 2.02. The molecule has 0 aromatic carbocycles. The van der Waals surface area contributed by atoms with E-state index in [0.717, 1.165) is 25.3 Å². The van der Waals surface area contributed by atoms with E-state index in [1.807, 2.05) is 13.0 Å². The first-order valence-electron chi connectivity index (χ1n) is 5.10. The fourth-order valence-corrected chi connectivity index (χ4v) is 1.23. The molecule has 0 radical (unpaired) electrons. The second-order valence-electron chi connectivity index (χ2n) is 3.24. The lowest BCUT2D eigenvalue weighted by Crippen LogP contribution is -2.22. The smallest absolute Gasteiger partial charge is 0.144 e. The van der Waals surface area contributed by atoms with Crippen LogP contribution in [0.2, 0.25) is 0 Å². The molecule has 80 valence electrons. The zero-order chi connectivity index (χ0) is 11.1. The van der Waals surface area contributed by atoms with Gasteiger partial charge in [-0.3, -0.25) is 0 Å². The first kappa shape index (κ1) is 11.5. The lowest BCUT2D eigenvalue weighted by Gasteiger charge is -2.07. The van der Waals surface area contributed by atoms with Gasteiger partial charge in [-0.05, 0) is 25.6 Å². The van der Waals surface area contributed by atoms with Crippen molar-refractivity contribution in [3.63, 3.8) is 0 Å². The normalized spacial score (nSPS) is 9.67. The molecule has 1 rings (SSSR count). The minimum atomic E-state index is 0.595. The zero-order valence-corrected chi connectivity index (χ0v) is 9.17. The van der Waals surface area contributed by atoms with Crippen LogP contribution in [0.5, 0.6) is 0 Å².